The number of carbonyl (C=O) groups excluding carboxylic acids is 1. The number of nitrogens with zero attached hydrogens (tertiary/aromatic N) is 4. The molecule has 2 heterocycles. The van der Waals surface area contributed by atoms with Crippen molar-refractivity contribution in [3.63, 3.8) is 0 Å². The van der Waals surface area contributed by atoms with Gasteiger partial charge in [0.1, 0.15) is 0 Å². The molecule has 0 bridgehead atoms. The van der Waals surface area contributed by atoms with Crippen LogP contribution in [0.15, 0.2) is 47.3 Å². The summed E-state index contributed by atoms with van der Waals surface area (Å²) in [5, 5.41) is 8.83. The van der Waals surface area contributed by atoms with Gasteiger partial charge in [-0.2, -0.15) is 0 Å². The summed E-state index contributed by atoms with van der Waals surface area (Å²) >= 11 is 0. The van der Waals surface area contributed by atoms with E-state index >= 15 is 0 Å². The molecule has 0 aliphatic rings. The number of ether oxygens (including phenoxy) is 3. The molecule has 0 saturated carbocycles. The lowest BCUT2D eigenvalue weighted by molar-refractivity contribution is -0.139. The fourth-order valence-electron chi connectivity index (χ4n) is 3.84. The van der Waals surface area contributed by atoms with Crippen LogP contribution in [0.5, 0.6) is 11.5 Å². The molecule has 4 rings (SSSR count). The van der Waals surface area contributed by atoms with Crippen LogP contribution in [0.25, 0.3) is 22.8 Å². The third kappa shape index (κ3) is 5.25. The first-order valence-electron chi connectivity index (χ1n) is 12.0. The zero-order valence-electron chi connectivity index (χ0n) is 21.0. The molecule has 9 heteroatoms. The maximum absolute atomic E-state index is 12.7. The van der Waals surface area contributed by atoms with Crippen molar-refractivity contribution in [2.75, 3.05) is 13.2 Å². The minimum absolute atomic E-state index is 0.0973. The number of hydrogen-bond acceptors (Lipinski definition) is 7. The number of aryl methyl sites for hydroxylation is 2. The Morgan fingerprint density at radius 1 is 1.06 bits per heavy atom. The van der Waals surface area contributed by atoms with Crippen LogP contribution in [0, 0.1) is 6.92 Å². The normalized spacial score (nSPS) is 11.4. The van der Waals surface area contributed by atoms with Crippen LogP contribution in [0.3, 0.4) is 0 Å². The number of fused-ring (bicyclic) bond motifs is 3. The van der Waals surface area contributed by atoms with Crippen LogP contribution in [0.1, 0.15) is 43.6 Å². The summed E-state index contributed by atoms with van der Waals surface area (Å²) in [7, 11) is 1.64. The van der Waals surface area contributed by atoms with E-state index in [0.29, 0.717) is 47.2 Å². The van der Waals surface area contributed by atoms with Gasteiger partial charge in [0.2, 0.25) is 5.78 Å². The standard InChI is InChI=1S/C27H30N4O5/c1-5-7-14-35-22-12-9-19(16-23(22)34-6-2)10-13-25(32)36-17-24-28-29-27-30(4)26(33)20-15-18(3)8-11-21(20)31(24)27/h8-13,15-16H,5-7,14,17H2,1-4H3. The Morgan fingerprint density at radius 3 is 2.67 bits per heavy atom. The molecule has 0 radical (unpaired) electrons. The first-order chi connectivity index (χ1) is 17.4. The van der Waals surface area contributed by atoms with E-state index in [1.165, 1.54) is 10.6 Å². The van der Waals surface area contributed by atoms with Gasteiger partial charge in [0, 0.05) is 13.1 Å². The minimum atomic E-state index is -0.530. The highest BCUT2D eigenvalue weighted by Gasteiger charge is 2.16. The van der Waals surface area contributed by atoms with Gasteiger partial charge in [0.25, 0.3) is 5.56 Å². The SMILES string of the molecule is CCCCOc1ccc(C=CC(=O)OCc2nnc3n(C)c(=O)c4cc(C)ccc4n23)cc1OCC. The molecular weight excluding hydrogens is 460 g/mol. The molecule has 0 amide bonds. The van der Waals surface area contributed by atoms with Gasteiger partial charge in [-0.25, -0.2) is 4.79 Å². The minimum Gasteiger partial charge on any atom is -0.490 e. The van der Waals surface area contributed by atoms with E-state index in [0.717, 1.165) is 24.0 Å². The summed E-state index contributed by atoms with van der Waals surface area (Å²) in [4.78, 5) is 25.2. The van der Waals surface area contributed by atoms with E-state index in [-0.39, 0.29) is 12.2 Å². The maximum atomic E-state index is 12.7. The van der Waals surface area contributed by atoms with E-state index in [4.69, 9.17) is 14.2 Å². The molecule has 2 aromatic heterocycles. The predicted octanol–water partition coefficient (Wildman–Crippen LogP) is 4.22. The van der Waals surface area contributed by atoms with Crippen LogP contribution < -0.4 is 15.0 Å². The molecule has 0 aliphatic heterocycles. The van der Waals surface area contributed by atoms with Crippen molar-refractivity contribution in [1.29, 1.82) is 0 Å². The molecular formula is C27H30N4O5. The Balaban J connectivity index is 1.50. The van der Waals surface area contributed by atoms with Crippen molar-refractivity contribution in [2.45, 2.75) is 40.2 Å². The third-order valence-electron chi connectivity index (χ3n) is 5.72. The highest BCUT2D eigenvalue weighted by Crippen LogP contribution is 2.29. The number of benzene rings is 2. The molecule has 36 heavy (non-hydrogen) atoms. The summed E-state index contributed by atoms with van der Waals surface area (Å²) in [5.74, 6) is 1.58. The Bertz CT molecular complexity index is 1490. The van der Waals surface area contributed by atoms with Gasteiger partial charge in [0.05, 0.1) is 24.1 Å². The average molecular weight is 491 g/mol. The number of carbonyl (C=O) groups is 1. The quantitative estimate of drug-likeness (QED) is 0.186. The van der Waals surface area contributed by atoms with Crippen LogP contribution in [-0.2, 0) is 23.2 Å². The second-order valence-corrected chi connectivity index (χ2v) is 8.42. The van der Waals surface area contributed by atoms with Crippen molar-refractivity contribution < 1.29 is 19.0 Å². The van der Waals surface area contributed by atoms with Gasteiger partial charge in [-0.15, -0.1) is 10.2 Å². The van der Waals surface area contributed by atoms with Crippen molar-refractivity contribution in [3.05, 3.63) is 69.8 Å². The monoisotopic (exact) mass is 490 g/mol. The van der Waals surface area contributed by atoms with Crippen molar-refractivity contribution in [3.8, 4) is 11.5 Å². The first-order valence-corrected chi connectivity index (χ1v) is 12.0. The maximum Gasteiger partial charge on any atom is 0.331 e. The molecule has 2 aromatic carbocycles. The van der Waals surface area contributed by atoms with E-state index in [9.17, 15) is 9.59 Å². The van der Waals surface area contributed by atoms with Gasteiger partial charge in [-0.05, 0) is 56.2 Å². The van der Waals surface area contributed by atoms with E-state index in [1.807, 2.05) is 50.2 Å². The molecule has 0 N–H and O–H groups in total. The summed E-state index contributed by atoms with van der Waals surface area (Å²) in [6.07, 6.45) is 5.02. The second kappa shape index (κ2) is 11.1. The molecule has 0 saturated heterocycles. The number of hydrogen-bond donors (Lipinski definition) is 0. The van der Waals surface area contributed by atoms with E-state index in [2.05, 4.69) is 17.1 Å². The lowest BCUT2D eigenvalue weighted by atomic mass is 10.1. The summed E-state index contributed by atoms with van der Waals surface area (Å²) < 4.78 is 20.1. The molecule has 0 fully saturated rings. The Morgan fingerprint density at radius 2 is 1.89 bits per heavy atom. The molecule has 0 aliphatic carbocycles. The van der Waals surface area contributed by atoms with Crippen molar-refractivity contribution >= 4 is 28.7 Å². The van der Waals surface area contributed by atoms with Crippen molar-refractivity contribution in [2.24, 2.45) is 7.05 Å². The van der Waals surface area contributed by atoms with Gasteiger partial charge in [-0.3, -0.25) is 13.8 Å². The molecule has 188 valence electrons. The van der Waals surface area contributed by atoms with Crippen LogP contribution in [0.2, 0.25) is 0 Å². The number of esters is 1. The Labute approximate surface area is 208 Å². The van der Waals surface area contributed by atoms with Gasteiger partial charge < -0.3 is 14.2 Å². The second-order valence-electron chi connectivity index (χ2n) is 8.42. The molecule has 0 atom stereocenters. The number of unbranched alkanes of at least 4 members (excludes halogenated alkanes) is 1. The molecule has 0 spiro atoms. The zero-order valence-corrected chi connectivity index (χ0v) is 21.0. The average Bonchev–Trinajstić information content (AvgIpc) is 3.30. The molecule has 9 nitrogen and oxygen atoms in total. The summed E-state index contributed by atoms with van der Waals surface area (Å²) in [6.45, 7) is 6.97. The van der Waals surface area contributed by atoms with E-state index < -0.39 is 5.97 Å². The fourth-order valence-corrected chi connectivity index (χ4v) is 3.84. The summed E-state index contributed by atoms with van der Waals surface area (Å²) in [6, 6.07) is 11.1. The highest BCUT2D eigenvalue weighted by atomic mass is 16.5. The molecule has 0 unspecified atom stereocenters. The lowest BCUT2D eigenvalue weighted by Gasteiger charge is -2.12. The zero-order chi connectivity index (χ0) is 25.7. The van der Waals surface area contributed by atoms with E-state index in [1.54, 1.807) is 17.5 Å². The third-order valence-corrected chi connectivity index (χ3v) is 5.72. The summed E-state index contributed by atoms with van der Waals surface area (Å²) in [5.41, 5.74) is 2.25. The van der Waals surface area contributed by atoms with Gasteiger partial charge >= 0.3 is 5.97 Å². The first kappa shape index (κ1) is 25.0. The van der Waals surface area contributed by atoms with Crippen molar-refractivity contribution in [1.82, 2.24) is 19.2 Å². The Hall–Kier alpha value is -4.14. The van der Waals surface area contributed by atoms with Crippen LogP contribution in [-0.4, -0.2) is 38.3 Å². The fraction of sp³-hybridized carbons (Fsp3) is 0.333. The number of rotatable bonds is 10. The smallest absolute Gasteiger partial charge is 0.331 e. The van der Waals surface area contributed by atoms with Gasteiger partial charge in [0.15, 0.2) is 23.9 Å². The lowest BCUT2D eigenvalue weighted by Crippen LogP contribution is -2.20. The van der Waals surface area contributed by atoms with Crippen LogP contribution in [0.4, 0.5) is 0 Å². The van der Waals surface area contributed by atoms with Crippen LogP contribution >= 0.6 is 0 Å². The van der Waals surface area contributed by atoms with Gasteiger partial charge in [-0.1, -0.05) is 31.0 Å². The highest BCUT2D eigenvalue weighted by molar-refractivity contribution is 5.87. The predicted molar refractivity (Wildman–Crippen MR) is 137 cm³/mol. The Kier molecular flexibility index (Phi) is 7.68. The largest absolute Gasteiger partial charge is 0.490 e. The number of aromatic nitrogens is 4. The molecule has 4 aromatic rings. The topological polar surface area (TPSA) is 97.0 Å².